The quantitative estimate of drug-likeness (QED) is 0.269. The van der Waals surface area contributed by atoms with Crippen LogP contribution in [0, 0.1) is 10.5 Å². The van der Waals surface area contributed by atoms with Crippen LogP contribution in [0.4, 0.5) is 5.69 Å². The zero-order chi connectivity index (χ0) is 23.1. The van der Waals surface area contributed by atoms with Gasteiger partial charge in [0.15, 0.2) is 0 Å². The number of fused-ring (bicyclic) bond motifs is 1. The summed E-state index contributed by atoms with van der Waals surface area (Å²) in [7, 11) is 0. The molecule has 164 valence electrons. The van der Waals surface area contributed by atoms with Crippen LogP contribution in [0.1, 0.15) is 27.0 Å². The Balaban J connectivity index is 1.41. The van der Waals surface area contributed by atoms with Gasteiger partial charge in [0.1, 0.15) is 0 Å². The van der Waals surface area contributed by atoms with Crippen molar-refractivity contribution in [2.45, 2.75) is 13.5 Å². The van der Waals surface area contributed by atoms with Crippen molar-refractivity contribution in [3.8, 4) is 5.69 Å². The normalized spacial score (nSPS) is 13.9. The average molecular weight is 572 g/mol. The molecule has 4 aromatic rings. The van der Waals surface area contributed by atoms with Crippen molar-refractivity contribution in [1.82, 2.24) is 19.8 Å². The molecule has 8 nitrogen and oxygen atoms in total. The first kappa shape index (κ1) is 21.5. The van der Waals surface area contributed by atoms with Crippen LogP contribution in [0.25, 0.3) is 5.69 Å². The van der Waals surface area contributed by atoms with Crippen LogP contribution in [0.2, 0.25) is 5.02 Å². The van der Waals surface area contributed by atoms with E-state index in [2.05, 4.69) is 38.0 Å². The van der Waals surface area contributed by atoms with E-state index < -0.39 is 5.97 Å². The van der Waals surface area contributed by atoms with Crippen molar-refractivity contribution in [2.24, 2.45) is 4.99 Å². The van der Waals surface area contributed by atoms with Gasteiger partial charge in [-0.2, -0.15) is 9.36 Å². The molecular weight excluding hydrogens is 557 g/mol. The summed E-state index contributed by atoms with van der Waals surface area (Å²) >= 11 is 8.02. The van der Waals surface area contributed by atoms with Crippen molar-refractivity contribution in [3.63, 3.8) is 0 Å². The summed E-state index contributed by atoms with van der Waals surface area (Å²) in [5, 5.41) is 8.52. The maximum absolute atomic E-state index is 12.7. The summed E-state index contributed by atoms with van der Waals surface area (Å²) < 4.78 is 8.72. The number of rotatable bonds is 4. The molecular formula is C23H15ClIN5O3. The lowest BCUT2D eigenvalue weighted by atomic mass is 10.1. The number of tetrazole rings is 1. The minimum absolute atomic E-state index is 0.250. The molecule has 3 aromatic carbocycles. The first-order chi connectivity index (χ1) is 15.9. The zero-order valence-electron chi connectivity index (χ0n) is 17.2. The molecule has 33 heavy (non-hydrogen) atoms. The Kier molecular flexibility index (Phi) is 5.59. The third kappa shape index (κ3) is 4.09. The number of halogens is 2. The maximum Gasteiger partial charge on any atom is 0.368 e. The average Bonchev–Trinajstić information content (AvgIpc) is 3.31. The summed E-state index contributed by atoms with van der Waals surface area (Å²) in [5.74, 6) is -0.113. The van der Waals surface area contributed by atoms with Crippen molar-refractivity contribution >= 4 is 51.7 Å². The van der Waals surface area contributed by atoms with E-state index in [1.807, 2.05) is 43.3 Å². The highest BCUT2D eigenvalue weighted by Crippen LogP contribution is 2.28. The molecule has 0 fully saturated rings. The van der Waals surface area contributed by atoms with Crippen LogP contribution in [0.3, 0.4) is 0 Å². The SMILES string of the molecule is Cc1cc(Cn2nnn(-c3ccc(Cl)cc3)c2=O)ccc1/N=C1\OC(=O)c2c(I)cccc21. The molecule has 0 atom stereocenters. The molecule has 0 N–H and O–H groups in total. The van der Waals surface area contributed by atoms with E-state index in [-0.39, 0.29) is 18.1 Å². The highest BCUT2D eigenvalue weighted by atomic mass is 127. The maximum atomic E-state index is 12.7. The molecule has 2 heterocycles. The van der Waals surface area contributed by atoms with E-state index in [0.29, 0.717) is 27.5 Å². The number of hydrogen-bond donors (Lipinski definition) is 0. The zero-order valence-corrected chi connectivity index (χ0v) is 20.1. The van der Waals surface area contributed by atoms with Gasteiger partial charge in [-0.15, -0.1) is 0 Å². The highest BCUT2D eigenvalue weighted by molar-refractivity contribution is 14.1. The highest BCUT2D eigenvalue weighted by Gasteiger charge is 2.30. The van der Waals surface area contributed by atoms with E-state index in [9.17, 15) is 9.59 Å². The molecule has 1 aromatic heterocycles. The second-order valence-corrected chi connectivity index (χ2v) is 9.00. The van der Waals surface area contributed by atoms with Crippen LogP contribution in [0.15, 0.2) is 70.5 Å². The molecule has 5 rings (SSSR count). The summed E-state index contributed by atoms with van der Waals surface area (Å²) in [6, 6.07) is 17.9. The number of nitrogens with zero attached hydrogens (tertiary/aromatic N) is 5. The van der Waals surface area contributed by atoms with Gasteiger partial charge in [0.25, 0.3) is 0 Å². The van der Waals surface area contributed by atoms with Crippen LogP contribution < -0.4 is 5.69 Å². The lowest BCUT2D eigenvalue weighted by molar-refractivity contribution is 0.0736. The van der Waals surface area contributed by atoms with Gasteiger partial charge in [0.2, 0.25) is 5.90 Å². The molecule has 1 aliphatic heterocycles. The lowest BCUT2D eigenvalue weighted by Crippen LogP contribution is -2.24. The standard InChI is InChI=1S/C23H15ClIN5O3/c1-13-11-14(12-29-23(32)30(28-27-29)16-8-6-15(24)7-9-16)5-10-19(13)26-21-17-3-2-4-18(25)20(17)22(31)33-21/h2-11H,12H2,1H3/b26-21-. The number of aromatic nitrogens is 4. The predicted molar refractivity (Wildman–Crippen MR) is 132 cm³/mol. The number of cyclic esters (lactones) is 1. The predicted octanol–water partition coefficient (Wildman–Crippen LogP) is 4.29. The number of aliphatic imine (C=N–C) groups is 1. The summed E-state index contributed by atoms with van der Waals surface area (Å²) in [6.07, 6.45) is 0. The smallest absolute Gasteiger partial charge is 0.368 e. The van der Waals surface area contributed by atoms with E-state index >= 15 is 0 Å². The summed E-state index contributed by atoms with van der Waals surface area (Å²) in [5.41, 5.74) is 3.84. The molecule has 0 spiro atoms. The molecule has 0 amide bonds. The van der Waals surface area contributed by atoms with E-state index in [4.69, 9.17) is 16.3 Å². The van der Waals surface area contributed by atoms with E-state index in [0.717, 1.165) is 14.7 Å². The van der Waals surface area contributed by atoms with Crippen LogP contribution in [-0.4, -0.2) is 31.7 Å². The van der Waals surface area contributed by atoms with Gasteiger partial charge in [-0.1, -0.05) is 29.8 Å². The molecule has 10 heteroatoms. The van der Waals surface area contributed by atoms with Crippen molar-refractivity contribution in [1.29, 1.82) is 0 Å². The third-order valence-electron chi connectivity index (χ3n) is 5.16. The van der Waals surface area contributed by atoms with Gasteiger partial charge in [0, 0.05) is 8.59 Å². The van der Waals surface area contributed by atoms with Crippen molar-refractivity contribution in [2.75, 3.05) is 0 Å². The third-order valence-corrected chi connectivity index (χ3v) is 6.31. The van der Waals surface area contributed by atoms with Gasteiger partial charge in [0.05, 0.1) is 29.0 Å². The first-order valence-corrected chi connectivity index (χ1v) is 11.3. The van der Waals surface area contributed by atoms with E-state index in [1.54, 1.807) is 24.3 Å². The molecule has 1 aliphatic rings. The molecule has 0 bridgehead atoms. The summed E-state index contributed by atoms with van der Waals surface area (Å²) in [6.45, 7) is 2.16. The molecule has 0 radical (unpaired) electrons. The van der Waals surface area contributed by atoms with Gasteiger partial charge in [-0.05, 0) is 93.5 Å². The number of hydrogen-bond acceptors (Lipinski definition) is 6. The number of ether oxygens (including phenoxy) is 1. The second kappa shape index (κ2) is 8.56. The van der Waals surface area contributed by atoms with Crippen LogP contribution in [0.5, 0.6) is 0 Å². The van der Waals surface area contributed by atoms with Crippen molar-refractivity contribution < 1.29 is 9.53 Å². The number of carbonyl (C=O) groups excluding carboxylic acids is 1. The fraction of sp³-hybridized carbons (Fsp3) is 0.0870. The molecule has 0 saturated heterocycles. The Hall–Kier alpha value is -3.31. The Morgan fingerprint density at radius 2 is 1.85 bits per heavy atom. The Bertz CT molecular complexity index is 1490. The lowest BCUT2D eigenvalue weighted by Gasteiger charge is -2.06. The molecule has 0 aliphatic carbocycles. The Morgan fingerprint density at radius 3 is 2.61 bits per heavy atom. The fourth-order valence-corrected chi connectivity index (χ4v) is 4.37. The number of benzene rings is 3. The minimum atomic E-state index is -0.397. The van der Waals surface area contributed by atoms with Gasteiger partial charge in [-0.3, -0.25) is 0 Å². The monoisotopic (exact) mass is 571 g/mol. The van der Waals surface area contributed by atoms with Gasteiger partial charge in [-0.25, -0.2) is 14.6 Å². The Morgan fingerprint density at radius 1 is 1.06 bits per heavy atom. The van der Waals surface area contributed by atoms with E-state index in [1.165, 1.54) is 9.36 Å². The van der Waals surface area contributed by atoms with Gasteiger partial charge >= 0.3 is 11.7 Å². The Labute approximate surface area is 206 Å². The largest absolute Gasteiger partial charge is 0.403 e. The van der Waals surface area contributed by atoms with Gasteiger partial charge < -0.3 is 4.74 Å². The molecule has 0 unspecified atom stereocenters. The topological polar surface area (TPSA) is 91.4 Å². The molecule has 0 saturated carbocycles. The van der Waals surface area contributed by atoms with Crippen LogP contribution >= 0.6 is 34.2 Å². The number of aryl methyl sites for hydroxylation is 1. The minimum Gasteiger partial charge on any atom is -0.403 e. The fourth-order valence-electron chi connectivity index (χ4n) is 3.53. The summed E-state index contributed by atoms with van der Waals surface area (Å²) in [4.78, 5) is 29.5. The number of esters is 1. The first-order valence-electron chi connectivity index (χ1n) is 9.89. The second-order valence-electron chi connectivity index (χ2n) is 7.40. The number of carbonyl (C=O) groups is 1. The van der Waals surface area contributed by atoms with Crippen molar-refractivity contribution in [3.05, 3.63) is 102 Å². The van der Waals surface area contributed by atoms with Crippen LogP contribution in [-0.2, 0) is 11.3 Å².